The standard InChI is InChI=1S/C27H28Cl2FN3O4S/c28-17-4-8-23-24(11-17)38-27(32-23)31-22-7-1-15(9-21(22)29)10-25(34)33-13-18(30)12-19(33)14-37-20-5-2-16(3-6-20)26(35)36/h1,4,7-9,11,16,18-20H,2-3,5-6,10,12-14H2,(H,31,32)(H,35,36)/t16-,18-,19-,20-/m0/s1. The molecule has 2 atom stereocenters. The Bertz CT molecular complexity index is 1330. The third-order valence-corrected chi connectivity index (χ3v) is 8.69. The van der Waals surface area contributed by atoms with Gasteiger partial charge in [0.15, 0.2) is 5.13 Å². The van der Waals surface area contributed by atoms with Gasteiger partial charge in [0.1, 0.15) is 6.17 Å². The molecule has 202 valence electrons. The smallest absolute Gasteiger partial charge is 0.306 e. The fraction of sp³-hybridized carbons (Fsp3) is 0.444. The highest BCUT2D eigenvalue weighted by Gasteiger charge is 2.36. The number of halogens is 3. The van der Waals surface area contributed by atoms with Gasteiger partial charge in [0, 0.05) is 11.4 Å². The molecule has 1 aromatic heterocycles. The van der Waals surface area contributed by atoms with Crippen LogP contribution in [0.15, 0.2) is 36.4 Å². The second-order valence-electron chi connectivity index (χ2n) is 9.93. The summed E-state index contributed by atoms with van der Waals surface area (Å²) >= 11 is 14.0. The van der Waals surface area contributed by atoms with Crippen LogP contribution in [0.4, 0.5) is 15.2 Å². The molecule has 1 saturated carbocycles. The third-order valence-electron chi connectivity index (χ3n) is 7.21. The maximum atomic E-state index is 14.3. The van der Waals surface area contributed by atoms with Crippen molar-refractivity contribution in [1.29, 1.82) is 0 Å². The molecular weight excluding hydrogens is 552 g/mol. The zero-order valence-electron chi connectivity index (χ0n) is 20.5. The second-order valence-corrected chi connectivity index (χ2v) is 11.8. The van der Waals surface area contributed by atoms with Gasteiger partial charge in [-0.1, -0.05) is 40.6 Å². The van der Waals surface area contributed by atoms with Crippen molar-refractivity contribution in [3.8, 4) is 0 Å². The van der Waals surface area contributed by atoms with E-state index >= 15 is 0 Å². The number of aromatic nitrogens is 1. The van der Waals surface area contributed by atoms with E-state index in [-0.39, 0.29) is 50.0 Å². The molecule has 0 unspecified atom stereocenters. The number of thiazole rings is 1. The van der Waals surface area contributed by atoms with Crippen molar-refractivity contribution in [3.05, 3.63) is 52.0 Å². The van der Waals surface area contributed by atoms with Gasteiger partial charge in [0.2, 0.25) is 5.91 Å². The lowest BCUT2D eigenvalue weighted by atomic mass is 9.87. The summed E-state index contributed by atoms with van der Waals surface area (Å²) in [6, 6.07) is 10.5. The summed E-state index contributed by atoms with van der Waals surface area (Å²) in [5.41, 5.74) is 2.24. The van der Waals surface area contributed by atoms with E-state index in [1.807, 2.05) is 18.2 Å². The van der Waals surface area contributed by atoms with Crippen molar-refractivity contribution < 1.29 is 23.8 Å². The number of aliphatic carboxylic acids is 1. The molecular formula is C27H28Cl2FN3O4S. The number of fused-ring (bicyclic) bond motifs is 1. The lowest BCUT2D eigenvalue weighted by Crippen LogP contribution is -2.40. The van der Waals surface area contributed by atoms with Crippen molar-refractivity contribution in [2.75, 3.05) is 18.5 Å². The van der Waals surface area contributed by atoms with Gasteiger partial charge < -0.3 is 20.1 Å². The van der Waals surface area contributed by atoms with E-state index < -0.39 is 12.1 Å². The Labute approximate surface area is 233 Å². The first kappa shape index (κ1) is 27.1. The van der Waals surface area contributed by atoms with E-state index in [1.165, 1.54) is 11.3 Å². The number of likely N-dealkylation sites (tertiary alicyclic amines) is 1. The quantitative estimate of drug-likeness (QED) is 0.317. The topological polar surface area (TPSA) is 91.8 Å². The Morgan fingerprint density at radius 2 is 1.95 bits per heavy atom. The highest BCUT2D eigenvalue weighted by atomic mass is 35.5. The van der Waals surface area contributed by atoms with Crippen LogP contribution in [0.3, 0.4) is 0 Å². The van der Waals surface area contributed by atoms with Gasteiger partial charge in [-0.05, 0) is 61.6 Å². The second kappa shape index (κ2) is 11.7. The fourth-order valence-electron chi connectivity index (χ4n) is 5.16. The molecule has 2 heterocycles. The number of hydrogen-bond acceptors (Lipinski definition) is 6. The Morgan fingerprint density at radius 3 is 2.68 bits per heavy atom. The van der Waals surface area contributed by atoms with Crippen molar-refractivity contribution >= 4 is 67.5 Å². The van der Waals surface area contributed by atoms with Crippen molar-refractivity contribution in [2.45, 2.75) is 56.8 Å². The average Bonchev–Trinajstić information content (AvgIpc) is 3.46. The van der Waals surface area contributed by atoms with Crippen LogP contribution in [-0.2, 0) is 20.7 Å². The highest BCUT2D eigenvalue weighted by molar-refractivity contribution is 7.22. The molecule has 2 aliphatic rings. The average molecular weight is 581 g/mol. The summed E-state index contributed by atoms with van der Waals surface area (Å²) in [6.45, 7) is 0.305. The maximum Gasteiger partial charge on any atom is 0.306 e. The molecule has 7 nitrogen and oxygen atoms in total. The zero-order chi connectivity index (χ0) is 26.8. The molecule has 2 fully saturated rings. The molecule has 0 radical (unpaired) electrons. The zero-order valence-corrected chi connectivity index (χ0v) is 22.9. The number of carbonyl (C=O) groups excluding carboxylic acids is 1. The van der Waals surface area contributed by atoms with Crippen LogP contribution >= 0.6 is 34.5 Å². The van der Waals surface area contributed by atoms with Crippen LogP contribution in [0.5, 0.6) is 0 Å². The maximum absolute atomic E-state index is 14.3. The molecule has 0 bridgehead atoms. The van der Waals surface area contributed by atoms with Crippen molar-refractivity contribution in [2.24, 2.45) is 5.92 Å². The van der Waals surface area contributed by atoms with Crippen LogP contribution in [0.1, 0.15) is 37.7 Å². The van der Waals surface area contributed by atoms with Crippen LogP contribution in [0.25, 0.3) is 10.2 Å². The third kappa shape index (κ3) is 6.39. The number of hydrogen-bond donors (Lipinski definition) is 2. The van der Waals surface area contributed by atoms with Crippen LogP contribution in [-0.4, -0.2) is 58.3 Å². The Hall–Kier alpha value is -2.46. The number of carboxylic acid groups (broad SMARTS) is 1. The molecule has 0 spiro atoms. The first-order chi connectivity index (χ1) is 18.2. The molecule has 38 heavy (non-hydrogen) atoms. The van der Waals surface area contributed by atoms with Gasteiger partial charge in [-0.2, -0.15) is 0 Å². The normalized spacial score (nSPS) is 23.6. The Kier molecular flexibility index (Phi) is 8.38. The van der Waals surface area contributed by atoms with E-state index in [0.717, 1.165) is 15.8 Å². The van der Waals surface area contributed by atoms with Gasteiger partial charge in [0.05, 0.1) is 58.6 Å². The SMILES string of the molecule is O=C(Cc1ccc(Nc2nc3ccc(Cl)cc3s2)c(Cl)c1)N1C[C@@H](F)C[C@H]1CO[C@H]1CC[C@H](C(=O)O)CC1. The number of amides is 1. The number of nitrogens with zero attached hydrogens (tertiary/aromatic N) is 2. The van der Waals surface area contributed by atoms with E-state index in [4.69, 9.17) is 33.0 Å². The number of nitrogens with one attached hydrogen (secondary N) is 1. The molecule has 5 rings (SSSR count). The van der Waals surface area contributed by atoms with Crippen LogP contribution < -0.4 is 5.32 Å². The predicted octanol–water partition coefficient (Wildman–Crippen LogP) is 6.49. The minimum atomic E-state index is -1.09. The monoisotopic (exact) mass is 579 g/mol. The lowest BCUT2D eigenvalue weighted by Gasteiger charge is -2.29. The number of benzene rings is 2. The molecule has 1 aliphatic heterocycles. The number of ether oxygens (including phenoxy) is 1. The van der Waals surface area contributed by atoms with Gasteiger partial charge in [-0.3, -0.25) is 9.59 Å². The minimum absolute atomic E-state index is 0.0486. The summed E-state index contributed by atoms with van der Waals surface area (Å²) < 4.78 is 21.3. The minimum Gasteiger partial charge on any atom is -0.481 e. The number of anilines is 2. The van der Waals surface area contributed by atoms with E-state index in [1.54, 1.807) is 23.1 Å². The summed E-state index contributed by atoms with van der Waals surface area (Å²) in [5, 5.41) is 14.2. The molecule has 3 aromatic rings. The molecule has 1 aliphatic carbocycles. The number of carboxylic acids is 1. The number of rotatable bonds is 8. The first-order valence-corrected chi connectivity index (χ1v) is 14.2. The van der Waals surface area contributed by atoms with Gasteiger partial charge in [0.25, 0.3) is 0 Å². The van der Waals surface area contributed by atoms with Crippen LogP contribution in [0.2, 0.25) is 10.0 Å². The summed E-state index contributed by atoms with van der Waals surface area (Å²) in [5.74, 6) is -1.25. The van der Waals surface area contributed by atoms with Gasteiger partial charge in [-0.25, -0.2) is 9.37 Å². The molecule has 2 N–H and O–H groups in total. The number of alkyl halides is 1. The first-order valence-electron chi connectivity index (χ1n) is 12.6. The molecule has 11 heteroatoms. The van der Waals surface area contributed by atoms with E-state index in [9.17, 15) is 14.0 Å². The largest absolute Gasteiger partial charge is 0.481 e. The van der Waals surface area contributed by atoms with Gasteiger partial charge in [-0.15, -0.1) is 0 Å². The molecule has 1 saturated heterocycles. The summed E-state index contributed by atoms with van der Waals surface area (Å²) in [4.78, 5) is 30.4. The Balaban J connectivity index is 1.17. The number of carbonyl (C=O) groups is 2. The highest BCUT2D eigenvalue weighted by Crippen LogP contribution is 2.33. The van der Waals surface area contributed by atoms with Gasteiger partial charge >= 0.3 is 5.97 Å². The lowest BCUT2D eigenvalue weighted by molar-refractivity contribution is -0.144. The molecule has 2 aromatic carbocycles. The van der Waals surface area contributed by atoms with Crippen LogP contribution in [0, 0.1) is 5.92 Å². The summed E-state index contributed by atoms with van der Waals surface area (Å²) in [6.07, 6.45) is 1.71. The fourth-order valence-corrected chi connectivity index (χ4v) is 6.56. The van der Waals surface area contributed by atoms with Crippen molar-refractivity contribution in [1.82, 2.24) is 9.88 Å². The van der Waals surface area contributed by atoms with E-state index in [2.05, 4.69) is 10.3 Å². The molecule has 1 amide bonds. The summed E-state index contributed by atoms with van der Waals surface area (Å²) in [7, 11) is 0. The van der Waals surface area contributed by atoms with E-state index in [0.29, 0.717) is 46.5 Å². The predicted molar refractivity (Wildman–Crippen MR) is 147 cm³/mol. The van der Waals surface area contributed by atoms with Crippen molar-refractivity contribution in [3.63, 3.8) is 0 Å². The Morgan fingerprint density at radius 1 is 1.16 bits per heavy atom.